The zero-order valence-corrected chi connectivity index (χ0v) is 10.9. The summed E-state index contributed by atoms with van der Waals surface area (Å²) in [6.07, 6.45) is 0.708. The van der Waals surface area contributed by atoms with Gasteiger partial charge in [0.05, 0.1) is 30.8 Å². The number of rotatable bonds is 7. The maximum absolute atomic E-state index is 9.41. The molecule has 0 amide bonds. The smallest absolute Gasteiger partial charge is 0.229 e. The van der Waals surface area contributed by atoms with E-state index < -0.39 is 6.10 Å². The molecule has 0 saturated carbocycles. The second-order valence-electron chi connectivity index (χ2n) is 3.85. The fourth-order valence-electron chi connectivity index (χ4n) is 1.15. The number of hydrogen-bond donors (Lipinski definition) is 1. The summed E-state index contributed by atoms with van der Waals surface area (Å²) in [5, 5.41) is 22.2. The highest BCUT2D eigenvalue weighted by Gasteiger charge is 2.12. The molecule has 0 aromatic carbocycles. The third-order valence-corrected chi connectivity index (χ3v) is 3.65. The van der Waals surface area contributed by atoms with E-state index >= 15 is 0 Å². The molecule has 1 N–H and O–H groups in total. The Hall–Kier alpha value is -1.06. The molecule has 1 aromatic rings. The molecule has 1 heterocycles. The van der Waals surface area contributed by atoms with Crippen LogP contribution in [0.5, 0.6) is 0 Å². The summed E-state index contributed by atoms with van der Waals surface area (Å²) in [7, 11) is 0. The van der Waals surface area contributed by atoms with Crippen molar-refractivity contribution in [2.45, 2.75) is 50.2 Å². The predicted molar refractivity (Wildman–Crippen MR) is 65.3 cm³/mol. The molecule has 94 valence electrons. The van der Waals surface area contributed by atoms with Gasteiger partial charge in [0.15, 0.2) is 5.82 Å². The van der Waals surface area contributed by atoms with E-state index in [9.17, 15) is 5.11 Å². The molecule has 0 bridgehead atoms. The molecule has 0 aliphatic heterocycles. The topological polar surface area (TPSA) is 82.9 Å². The third-order valence-electron chi connectivity index (χ3n) is 2.32. The van der Waals surface area contributed by atoms with Gasteiger partial charge >= 0.3 is 0 Å². The van der Waals surface area contributed by atoms with Crippen LogP contribution in [0.2, 0.25) is 0 Å². The van der Waals surface area contributed by atoms with Crippen molar-refractivity contribution in [1.29, 1.82) is 5.26 Å². The van der Waals surface area contributed by atoms with Gasteiger partial charge in [0.25, 0.3) is 0 Å². The van der Waals surface area contributed by atoms with Crippen LogP contribution < -0.4 is 0 Å². The van der Waals surface area contributed by atoms with E-state index in [-0.39, 0.29) is 12.8 Å². The van der Waals surface area contributed by atoms with Crippen LogP contribution in [0.15, 0.2) is 4.52 Å². The molecule has 0 spiro atoms. The van der Waals surface area contributed by atoms with Gasteiger partial charge in [-0.3, -0.25) is 0 Å². The molecule has 17 heavy (non-hydrogen) atoms. The quantitative estimate of drug-likeness (QED) is 0.801. The molecule has 0 aliphatic carbocycles. The van der Waals surface area contributed by atoms with Gasteiger partial charge in [-0.15, -0.1) is 0 Å². The Kier molecular flexibility index (Phi) is 6.01. The zero-order chi connectivity index (χ0) is 12.7. The standard InChI is InChI=1S/C11H17N3O2S/c1-3-8(2)17-7-10-13-11(16-14-10)6-9(15)4-5-12/h8-9,15H,3-4,6-7H2,1-2H3. The molecule has 2 unspecified atom stereocenters. The number of hydrogen-bond acceptors (Lipinski definition) is 6. The molecular formula is C11H17N3O2S. The van der Waals surface area contributed by atoms with Crippen LogP contribution in [-0.4, -0.2) is 26.6 Å². The molecule has 0 fully saturated rings. The number of aromatic nitrogens is 2. The molecule has 6 heteroatoms. The van der Waals surface area contributed by atoms with E-state index in [2.05, 4.69) is 24.0 Å². The van der Waals surface area contributed by atoms with Crippen LogP contribution in [0.1, 0.15) is 38.4 Å². The lowest BCUT2D eigenvalue weighted by molar-refractivity contribution is 0.167. The Bertz CT molecular complexity index is 375. The van der Waals surface area contributed by atoms with Crippen molar-refractivity contribution in [2.24, 2.45) is 0 Å². The second-order valence-corrected chi connectivity index (χ2v) is 5.28. The summed E-state index contributed by atoms with van der Waals surface area (Å²) in [6.45, 7) is 4.29. The van der Waals surface area contributed by atoms with Gasteiger partial charge in [0, 0.05) is 5.25 Å². The van der Waals surface area contributed by atoms with Crippen LogP contribution in [0, 0.1) is 11.3 Å². The zero-order valence-electron chi connectivity index (χ0n) is 10.1. The normalized spacial score (nSPS) is 14.2. The molecule has 2 atom stereocenters. The van der Waals surface area contributed by atoms with E-state index in [0.29, 0.717) is 22.7 Å². The molecule has 1 rings (SSSR count). The van der Waals surface area contributed by atoms with Crippen molar-refractivity contribution in [3.8, 4) is 6.07 Å². The van der Waals surface area contributed by atoms with E-state index in [1.807, 2.05) is 6.07 Å². The molecule has 1 aromatic heterocycles. The van der Waals surface area contributed by atoms with Crippen LogP contribution in [0.3, 0.4) is 0 Å². The number of nitriles is 1. The first-order chi connectivity index (χ1) is 8.15. The minimum Gasteiger partial charge on any atom is -0.392 e. The Morgan fingerprint density at radius 3 is 3.00 bits per heavy atom. The predicted octanol–water partition coefficient (Wildman–Crippen LogP) is 1.92. The number of nitrogens with zero attached hydrogens (tertiary/aromatic N) is 3. The van der Waals surface area contributed by atoms with Crippen LogP contribution in [0.4, 0.5) is 0 Å². The Morgan fingerprint density at radius 2 is 2.35 bits per heavy atom. The van der Waals surface area contributed by atoms with Crippen molar-refractivity contribution in [2.75, 3.05) is 0 Å². The van der Waals surface area contributed by atoms with Crippen molar-refractivity contribution >= 4 is 11.8 Å². The second kappa shape index (κ2) is 7.30. The SMILES string of the molecule is CCC(C)SCc1noc(CC(O)CC#N)n1. The maximum atomic E-state index is 9.41. The van der Waals surface area contributed by atoms with Crippen LogP contribution >= 0.6 is 11.8 Å². The van der Waals surface area contributed by atoms with Crippen molar-refractivity contribution in [3.05, 3.63) is 11.7 Å². The highest BCUT2D eigenvalue weighted by atomic mass is 32.2. The van der Waals surface area contributed by atoms with Gasteiger partial charge in [-0.1, -0.05) is 19.0 Å². The van der Waals surface area contributed by atoms with Crippen LogP contribution in [-0.2, 0) is 12.2 Å². The molecule has 5 nitrogen and oxygen atoms in total. The summed E-state index contributed by atoms with van der Waals surface area (Å²) < 4.78 is 5.00. The minimum atomic E-state index is -0.726. The first-order valence-electron chi connectivity index (χ1n) is 5.63. The van der Waals surface area contributed by atoms with Crippen molar-refractivity contribution < 1.29 is 9.63 Å². The van der Waals surface area contributed by atoms with E-state index in [1.54, 1.807) is 11.8 Å². The first-order valence-corrected chi connectivity index (χ1v) is 6.68. The lowest BCUT2D eigenvalue weighted by Gasteiger charge is -2.04. The van der Waals surface area contributed by atoms with E-state index in [1.165, 1.54) is 0 Å². The lowest BCUT2D eigenvalue weighted by Crippen LogP contribution is -2.09. The Balaban J connectivity index is 2.40. The lowest BCUT2D eigenvalue weighted by atomic mass is 10.2. The summed E-state index contributed by atoms with van der Waals surface area (Å²) in [5.41, 5.74) is 0. The molecule has 0 saturated heterocycles. The minimum absolute atomic E-state index is 0.0827. The first kappa shape index (κ1) is 14.0. The van der Waals surface area contributed by atoms with Gasteiger partial charge in [0.1, 0.15) is 0 Å². The fourth-order valence-corrected chi connectivity index (χ4v) is 1.93. The highest BCUT2D eigenvalue weighted by Crippen LogP contribution is 2.18. The average molecular weight is 255 g/mol. The summed E-state index contributed by atoms with van der Waals surface area (Å²) >= 11 is 1.77. The Labute approximate surface area is 105 Å². The van der Waals surface area contributed by atoms with E-state index in [0.717, 1.165) is 6.42 Å². The monoisotopic (exact) mass is 255 g/mol. The number of aliphatic hydroxyl groups is 1. The fraction of sp³-hybridized carbons (Fsp3) is 0.727. The Morgan fingerprint density at radius 1 is 1.59 bits per heavy atom. The highest BCUT2D eigenvalue weighted by molar-refractivity contribution is 7.99. The van der Waals surface area contributed by atoms with Gasteiger partial charge in [0.2, 0.25) is 5.89 Å². The van der Waals surface area contributed by atoms with Crippen LogP contribution in [0.25, 0.3) is 0 Å². The largest absolute Gasteiger partial charge is 0.392 e. The summed E-state index contributed by atoms with van der Waals surface area (Å²) in [4.78, 5) is 4.17. The van der Waals surface area contributed by atoms with Gasteiger partial charge < -0.3 is 9.63 Å². The van der Waals surface area contributed by atoms with Gasteiger partial charge in [-0.25, -0.2) is 0 Å². The van der Waals surface area contributed by atoms with Gasteiger partial charge in [-0.2, -0.15) is 22.0 Å². The van der Waals surface area contributed by atoms with Crippen molar-refractivity contribution in [3.63, 3.8) is 0 Å². The van der Waals surface area contributed by atoms with Crippen molar-refractivity contribution in [1.82, 2.24) is 10.1 Å². The third kappa shape index (κ3) is 5.20. The number of thioether (sulfide) groups is 1. The molecule has 0 radical (unpaired) electrons. The summed E-state index contributed by atoms with van der Waals surface area (Å²) in [5.74, 6) is 1.76. The van der Waals surface area contributed by atoms with E-state index in [4.69, 9.17) is 9.78 Å². The maximum Gasteiger partial charge on any atom is 0.229 e. The summed E-state index contributed by atoms with van der Waals surface area (Å²) in [6, 6.07) is 1.90. The molecular weight excluding hydrogens is 238 g/mol. The van der Waals surface area contributed by atoms with Gasteiger partial charge in [-0.05, 0) is 6.42 Å². The number of aliphatic hydroxyl groups excluding tert-OH is 1. The molecule has 0 aliphatic rings. The average Bonchev–Trinajstić information content (AvgIpc) is 2.74.